The highest BCUT2D eigenvalue weighted by Gasteiger charge is 2.18. The maximum Gasteiger partial charge on any atom is 0.124 e. The predicted octanol–water partition coefficient (Wildman–Crippen LogP) is 3.86. The van der Waals surface area contributed by atoms with Crippen LogP contribution in [0.4, 0.5) is 0 Å². The predicted molar refractivity (Wildman–Crippen MR) is 77.8 cm³/mol. The van der Waals surface area contributed by atoms with Crippen molar-refractivity contribution in [2.24, 2.45) is 5.92 Å². The second-order valence-electron chi connectivity index (χ2n) is 4.96. The van der Waals surface area contributed by atoms with Gasteiger partial charge in [-0.05, 0) is 37.0 Å². The summed E-state index contributed by atoms with van der Waals surface area (Å²) in [5.41, 5.74) is 2.04. The molecule has 3 nitrogen and oxygen atoms in total. The van der Waals surface area contributed by atoms with Gasteiger partial charge in [0, 0.05) is 24.8 Å². The molecule has 2 heterocycles. The van der Waals surface area contributed by atoms with Crippen molar-refractivity contribution in [3.05, 3.63) is 29.0 Å². The molecule has 0 atom stereocenters. The Morgan fingerprint density at radius 2 is 2.11 bits per heavy atom. The van der Waals surface area contributed by atoms with Gasteiger partial charge in [-0.1, -0.05) is 11.6 Å². The number of rotatable bonds is 3. The molecule has 19 heavy (non-hydrogen) atoms. The van der Waals surface area contributed by atoms with Crippen LogP contribution in [0.15, 0.2) is 18.2 Å². The average molecular weight is 299 g/mol. The lowest BCUT2D eigenvalue weighted by Gasteiger charge is -2.23. The third-order valence-corrected chi connectivity index (χ3v) is 4.16. The first-order valence-electron chi connectivity index (χ1n) is 6.56. The van der Waals surface area contributed by atoms with Crippen LogP contribution in [0.5, 0.6) is 0 Å². The Bertz CT molecular complexity index is 576. The van der Waals surface area contributed by atoms with Crippen molar-refractivity contribution in [2.75, 3.05) is 13.2 Å². The fraction of sp³-hybridized carbons (Fsp3) is 0.500. The molecule has 102 valence electrons. The van der Waals surface area contributed by atoms with Crippen molar-refractivity contribution in [3.63, 3.8) is 0 Å². The van der Waals surface area contributed by atoms with E-state index in [1.807, 2.05) is 18.2 Å². The van der Waals surface area contributed by atoms with Crippen LogP contribution >= 0.6 is 23.2 Å². The van der Waals surface area contributed by atoms with Gasteiger partial charge in [0.15, 0.2) is 0 Å². The topological polar surface area (TPSA) is 27.1 Å². The minimum absolute atomic E-state index is 0.426. The zero-order valence-electron chi connectivity index (χ0n) is 10.6. The Morgan fingerprint density at radius 1 is 1.32 bits per heavy atom. The molecule has 2 aromatic rings. The highest BCUT2D eigenvalue weighted by molar-refractivity contribution is 6.31. The van der Waals surface area contributed by atoms with E-state index in [0.717, 1.165) is 49.5 Å². The van der Waals surface area contributed by atoms with E-state index < -0.39 is 0 Å². The van der Waals surface area contributed by atoms with Crippen LogP contribution in [0, 0.1) is 5.92 Å². The molecule has 0 saturated carbocycles. The first-order valence-corrected chi connectivity index (χ1v) is 7.47. The summed E-state index contributed by atoms with van der Waals surface area (Å²) in [6.07, 6.45) is 2.21. The van der Waals surface area contributed by atoms with Gasteiger partial charge >= 0.3 is 0 Å². The van der Waals surface area contributed by atoms with E-state index in [1.165, 1.54) is 0 Å². The Kier molecular flexibility index (Phi) is 3.96. The quantitative estimate of drug-likeness (QED) is 0.805. The number of aromatic nitrogens is 2. The average Bonchev–Trinajstić information content (AvgIpc) is 2.77. The van der Waals surface area contributed by atoms with Crippen molar-refractivity contribution in [2.45, 2.75) is 25.3 Å². The van der Waals surface area contributed by atoms with E-state index in [0.29, 0.717) is 16.8 Å². The van der Waals surface area contributed by atoms with Crippen LogP contribution < -0.4 is 0 Å². The number of halogens is 2. The third kappa shape index (κ3) is 2.73. The van der Waals surface area contributed by atoms with Gasteiger partial charge in [0.05, 0.1) is 16.9 Å². The molecular formula is C14H16Cl2N2O. The van der Waals surface area contributed by atoms with Crippen molar-refractivity contribution in [1.29, 1.82) is 0 Å². The summed E-state index contributed by atoms with van der Waals surface area (Å²) >= 11 is 12.0. The number of imidazole rings is 1. The summed E-state index contributed by atoms with van der Waals surface area (Å²) in [6, 6.07) is 5.83. The van der Waals surface area contributed by atoms with Gasteiger partial charge in [0.1, 0.15) is 5.82 Å². The minimum Gasteiger partial charge on any atom is -0.381 e. The number of nitrogens with zero attached hydrogens (tertiary/aromatic N) is 2. The summed E-state index contributed by atoms with van der Waals surface area (Å²) in [4.78, 5) is 4.57. The van der Waals surface area contributed by atoms with E-state index in [-0.39, 0.29) is 0 Å². The van der Waals surface area contributed by atoms with E-state index in [1.54, 1.807) is 0 Å². The number of hydrogen-bond acceptors (Lipinski definition) is 2. The van der Waals surface area contributed by atoms with Crippen LogP contribution in [0.3, 0.4) is 0 Å². The lowest BCUT2D eigenvalue weighted by molar-refractivity contribution is 0.0614. The van der Waals surface area contributed by atoms with Gasteiger partial charge in [0.2, 0.25) is 0 Å². The fourth-order valence-corrected chi connectivity index (χ4v) is 3.02. The van der Waals surface area contributed by atoms with Gasteiger partial charge in [-0.2, -0.15) is 0 Å². The fourth-order valence-electron chi connectivity index (χ4n) is 2.65. The second-order valence-corrected chi connectivity index (χ2v) is 5.66. The number of alkyl halides is 1. The van der Waals surface area contributed by atoms with Crippen molar-refractivity contribution in [3.8, 4) is 0 Å². The number of hydrogen-bond donors (Lipinski definition) is 0. The summed E-state index contributed by atoms with van der Waals surface area (Å²) in [5, 5.41) is 0.712. The molecule has 0 amide bonds. The molecule has 0 bridgehead atoms. The Hall–Kier alpha value is -0.770. The van der Waals surface area contributed by atoms with E-state index in [4.69, 9.17) is 27.9 Å². The Morgan fingerprint density at radius 3 is 2.84 bits per heavy atom. The maximum atomic E-state index is 6.02. The lowest BCUT2D eigenvalue weighted by Crippen LogP contribution is -2.21. The molecule has 0 unspecified atom stereocenters. The maximum absolute atomic E-state index is 6.02. The monoisotopic (exact) mass is 298 g/mol. The summed E-state index contributed by atoms with van der Waals surface area (Å²) in [6.45, 7) is 2.68. The van der Waals surface area contributed by atoms with Gasteiger partial charge in [0.25, 0.3) is 0 Å². The normalized spacial score (nSPS) is 17.2. The molecule has 0 radical (unpaired) electrons. The molecule has 0 aliphatic carbocycles. The van der Waals surface area contributed by atoms with Gasteiger partial charge < -0.3 is 9.30 Å². The first kappa shape index (κ1) is 13.2. The van der Waals surface area contributed by atoms with Crippen LogP contribution in [0.25, 0.3) is 11.0 Å². The van der Waals surface area contributed by atoms with Crippen LogP contribution in [-0.2, 0) is 17.2 Å². The van der Waals surface area contributed by atoms with Crippen molar-refractivity contribution < 1.29 is 4.74 Å². The van der Waals surface area contributed by atoms with Gasteiger partial charge in [-0.15, -0.1) is 11.6 Å². The molecule has 0 spiro atoms. The molecule has 1 aromatic carbocycles. The first-order chi connectivity index (χ1) is 9.28. The number of fused-ring (bicyclic) bond motifs is 1. The second kappa shape index (κ2) is 5.70. The van der Waals surface area contributed by atoms with E-state index in [2.05, 4.69) is 9.55 Å². The largest absolute Gasteiger partial charge is 0.381 e. The highest BCUT2D eigenvalue weighted by atomic mass is 35.5. The molecule has 5 heteroatoms. The van der Waals surface area contributed by atoms with E-state index >= 15 is 0 Å². The number of benzene rings is 1. The molecule has 1 aromatic heterocycles. The molecule has 0 N–H and O–H groups in total. The van der Waals surface area contributed by atoms with Crippen LogP contribution in [0.2, 0.25) is 5.02 Å². The summed E-state index contributed by atoms with van der Waals surface area (Å²) < 4.78 is 7.64. The Balaban J connectivity index is 1.95. The van der Waals surface area contributed by atoms with Crippen LogP contribution in [0.1, 0.15) is 18.7 Å². The third-order valence-electron chi connectivity index (χ3n) is 3.69. The number of ether oxygens (including phenoxy) is 1. The van der Waals surface area contributed by atoms with Crippen LogP contribution in [-0.4, -0.2) is 22.8 Å². The molecule has 1 aliphatic rings. The molecule has 3 rings (SSSR count). The summed E-state index contributed by atoms with van der Waals surface area (Å²) in [7, 11) is 0. The molecular weight excluding hydrogens is 283 g/mol. The molecule has 1 aliphatic heterocycles. The zero-order valence-corrected chi connectivity index (χ0v) is 12.1. The highest BCUT2D eigenvalue weighted by Crippen LogP contribution is 2.25. The van der Waals surface area contributed by atoms with Gasteiger partial charge in [-0.25, -0.2) is 4.98 Å². The van der Waals surface area contributed by atoms with Crippen molar-refractivity contribution in [1.82, 2.24) is 9.55 Å². The molecule has 1 saturated heterocycles. The lowest BCUT2D eigenvalue weighted by atomic mass is 10.0. The van der Waals surface area contributed by atoms with Crippen molar-refractivity contribution >= 4 is 34.2 Å². The SMILES string of the molecule is ClCc1nc2cc(Cl)ccc2n1CC1CCOCC1. The summed E-state index contributed by atoms with van der Waals surface area (Å²) in [5.74, 6) is 1.99. The standard InChI is InChI=1S/C14H16Cl2N2O/c15-8-14-17-12-7-11(16)1-2-13(12)18(14)9-10-3-5-19-6-4-10/h1-2,7,10H,3-6,8-9H2. The zero-order chi connectivity index (χ0) is 13.2. The Labute approximate surface area is 122 Å². The smallest absolute Gasteiger partial charge is 0.124 e. The minimum atomic E-state index is 0.426. The van der Waals surface area contributed by atoms with E-state index in [9.17, 15) is 0 Å². The molecule has 1 fully saturated rings. The van der Waals surface area contributed by atoms with Gasteiger partial charge in [-0.3, -0.25) is 0 Å².